The molecule has 2 heteroatoms. The predicted octanol–water partition coefficient (Wildman–Crippen LogP) is 2.63. The summed E-state index contributed by atoms with van der Waals surface area (Å²) in [6.45, 7) is 3.90. The second-order valence-electron chi connectivity index (χ2n) is 4.18. The minimum absolute atomic E-state index is 0.550. The molecule has 1 atom stereocenters. The van der Waals surface area contributed by atoms with Crippen molar-refractivity contribution in [2.45, 2.75) is 32.2 Å². The van der Waals surface area contributed by atoms with Crippen LogP contribution in [0, 0.1) is 0 Å². The standard InChI is InChI=1S/C14H23NO/c1-13(15-2)10-12-16-11-6-9-14-7-4-3-5-8-14/h3-5,7-8,13,15H,6,9-12H2,1-2H3. The smallest absolute Gasteiger partial charge is 0.0480 e. The van der Waals surface area contributed by atoms with Crippen molar-refractivity contribution < 1.29 is 4.74 Å². The fourth-order valence-electron chi connectivity index (χ4n) is 1.53. The van der Waals surface area contributed by atoms with Crippen LogP contribution in [0.5, 0.6) is 0 Å². The fraction of sp³-hybridized carbons (Fsp3) is 0.571. The average Bonchev–Trinajstić information content (AvgIpc) is 2.34. The van der Waals surface area contributed by atoms with Crippen LogP contribution in [0.25, 0.3) is 0 Å². The van der Waals surface area contributed by atoms with Gasteiger partial charge in [-0.3, -0.25) is 0 Å². The highest BCUT2D eigenvalue weighted by atomic mass is 16.5. The van der Waals surface area contributed by atoms with Gasteiger partial charge in [0.25, 0.3) is 0 Å². The van der Waals surface area contributed by atoms with Gasteiger partial charge in [-0.25, -0.2) is 0 Å². The Morgan fingerprint density at radius 3 is 2.62 bits per heavy atom. The van der Waals surface area contributed by atoms with Crippen molar-refractivity contribution in [3.8, 4) is 0 Å². The molecule has 0 amide bonds. The van der Waals surface area contributed by atoms with Crippen LogP contribution >= 0.6 is 0 Å². The normalized spacial score (nSPS) is 12.6. The lowest BCUT2D eigenvalue weighted by Gasteiger charge is -2.10. The van der Waals surface area contributed by atoms with Crippen molar-refractivity contribution in [3.63, 3.8) is 0 Å². The molecule has 0 aliphatic heterocycles. The van der Waals surface area contributed by atoms with E-state index in [0.29, 0.717) is 6.04 Å². The molecule has 1 rings (SSSR count). The minimum Gasteiger partial charge on any atom is -0.381 e. The van der Waals surface area contributed by atoms with Crippen molar-refractivity contribution >= 4 is 0 Å². The quantitative estimate of drug-likeness (QED) is 0.681. The second kappa shape index (κ2) is 8.31. The summed E-state index contributed by atoms with van der Waals surface area (Å²) in [5.74, 6) is 0. The highest BCUT2D eigenvalue weighted by Gasteiger charge is 1.97. The van der Waals surface area contributed by atoms with Crippen LogP contribution in [0.3, 0.4) is 0 Å². The third kappa shape index (κ3) is 5.89. The van der Waals surface area contributed by atoms with Crippen LogP contribution in [0.15, 0.2) is 30.3 Å². The highest BCUT2D eigenvalue weighted by molar-refractivity contribution is 5.14. The van der Waals surface area contributed by atoms with Crippen molar-refractivity contribution in [1.82, 2.24) is 5.32 Å². The maximum atomic E-state index is 5.59. The molecule has 0 bridgehead atoms. The Balaban J connectivity index is 1.96. The lowest BCUT2D eigenvalue weighted by Crippen LogP contribution is -2.22. The van der Waals surface area contributed by atoms with E-state index in [2.05, 4.69) is 42.6 Å². The molecule has 2 nitrogen and oxygen atoms in total. The van der Waals surface area contributed by atoms with E-state index in [0.717, 1.165) is 32.5 Å². The van der Waals surface area contributed by atoms with Gasteiger partial charge in [-0.1, -0.05) is 30.3 Å². The molecule has 0 aliphatic rings. The molecule has 0 saturated carbocycles. The molecular weight excluding hydrogens is 198 g/mol. The number of benzene rings is 1. The summed E-state index contributed by atoms with van der Waals surface area (Å²) >= 11 is 0. The predicted molar refractivity (Wildman–Crippen MR) is 68.7 cm³/mol. The van der Waals surface area contributed by atoms with Gasteiger partial charge < -0.3 is 10.1 Å². The van der Waals surface area contributed by atoms with E-state index in [1.165, 1.54) is 5.56 Å². The molecule has 1 N–H and O–H groups in total. The monoisotopic (exact) mass is 221 g/mol. The minimum atomic E-state index is 0.550. The number of hydrogen-bond acceptors (Lipinski definition) is 2. The van der Waals surface area contributed by atoms with E-state index < -0.39 is 0 Å². The molecular formula is C14H23NO. The lowest BCUT2D eigenvalue weighted by atomic mass is 10.1. The van der Waals surface area contributed by atoms with Gasteiger partial charge in [0.15, 0.2) is 0 Å². The van der Waals surface area contributed by atoms with Crippen LogP contribution in [0.2, 0.25) is 0 Å². The van der Waals surface area contributed by atoms with Gasteiger partial charge in [0.1, 0.15) is 0 Å². The zero-order valence-electron chi connectivity index (χ0n) is 10.4. The van der Waals surface area contributed by atoms with Crippen molar-refractivity contribution in [2.75, 3.05) is 20.3 Å². The number of nitrogens with one attached hydrogen (secondary N) is 1. The third-order valence-corrected chi connectivity index (χ3v) is 2.78. The first-order valence-corrected chi connectivity index (χ1v) is 6.12. The average molecular weight is 221 g/mol. The van der Waals surface area contributed by atoms with E-state index in [1.54, 1.807) is 0 Å². The fourth-order valence-corrected chi connectivity index (χ4v) is 1.53. The van der Waals surface area contributed by atoms with Gasteiger partial charge >= 0.3 is 0 Å². The Labute approximate surface area is 99.0 Å². The Morgan fingerprint density at radius 1 is 1.19 bits per heavy atom. The molecule has 0 heterocycles. The first kappa shape index (κ1) is 13.2. The summed E-state index contributed by atoms with van der Waals surface area (Å²) in [6, 6.07) is 11.1. The zero-order chi connectivity index (χ0) is 11.6. The summed E-state index contributed by atoms with van der Waals surface area (Å²) in [5, 5.41) is 3.20. The molecule has 16 heavy (non-hydrogen) atoms. The lowest BCUT2D eigenvalue weighted by molar-refractivity contribution is 0.124. The molecule has 0 spiro atoms. The Kier molecular flexibility index (Phi) is 6.86. The van der Waals surface area contributed by atoms with E-state index in [1.807, 2.05) is 7.05 Å². The number of ether oxygens (including phenoxy) is 1. The maximum Gasteiger partial charge on any atom is 0.0480 e. The molecule has 1 aromatic carbocycles. The van der Waals surface area contributed by atoms with E-state index in [4.69, 9.17) is 4.74 Å². The first-order chi connectivity index (χ1) is 7.83. The first-order valence-electron chi connectivity index (χ1n) is 6.12. The summed E-state index contributed by atoms with van der Waals surface area (Å²) in [4.78, 5) is 0. The van der Waals surface area contributed by atoms with Crippen LogP contribution in [-0.4, -0.2) is 26.3 Å². The van der Waals surface area contributed by atoms with Crippen molar-refractivity contribution in [3.05, 3.63) is 35.9 Å². The molecule has 0 saturated heterocycles. The SMILES string of the molecule is CNC(C)CCOCCCc1ccccc1. The molecule has 0 fully saturated rings. The number of aryl methyl sites for hydroxylation is 1. The van der Waals surface area contributed by atoms with Crippen LogP contribution < -0.4 is 5.32 Å². The summed E-state index contributed by atoms with van der Waals surface area (Å²) in [5.41, 5.74) is 1.40. The van der Waals surface area contributed by atoms with Gasteiger partial charge in [0, 0.05) is 19.3 Å². The maximum absolute atomic E-state index is 5.59. The van der Waals surface area contributed by atoms with Crippen LogP contribution in [-0.2, 0) is 11.2 Å². The Bertz CT molecular complexity index is 261. The van der Waals surface area contributed by atoms with Gasteiger partial charge in [-0.2, -0.15) is 0 Å². The summed E-state index contributed by atoms with van der Waals surface area (Å²) in [6.07, 6.45) is 3.31. The Morgan fingerprint density at radius 2 is 1.94 bits per heavy atom. The van der Waals surface area contributed by atoms with Crippen LogP contribution in [0.1, 0.15) is 25.3 Å². The molecule has 1 unspecified atom stereocenters. The van der Waals surface area contributed by atoms with E-state index >= 15 is 0 Å². The van der Waals surface area contributed by atoms with E-state index in [9.17, 15) is 0 Å². The molecule has 90 valence electrons. The molecule has 0 aromatic heterocycles. The second-order valence-corrected chi connectivity index (χ2v) is 4.18. The summed E-state index contributed by atoms with van der Waals surface area (Å²) in [7, 11) is 1.99. The van der Waals surface area contributed by atoms with Crippen molar-refractivity contribution in [2.24, 2.45) is 0 Å². The van der Waals surface area contributed by atoms with Gasteiger partial charge in [0.05, 0.1) is 0 Å². The molecule has 0 radical (unpaired) electrons. The molecule has 0 aliphatic carbocycles. The zero-order valence-corrected chi connectivity index (χ0v) is 10.4. The Hall–Kier alpha value is -0.860. The molecule has 1 aromatic rings. The number of rotatable bonds is 8. The van der Waals surface area contributed by atoms with Crippen molar-refractivity contribution in [1.29, 1.82) is 0 Å². The summed E-state index contributed by atoms with van der Waals surface area (Å²) < 4.78 is 5.59. The highest BCUT2D eigenvalue weighted by Crippen LogP contribution is 2.02. The van der Waals surface area contributed by atoms with Gasteiger partial charge in [-0.15, -0.1) is 0 Å². The number of hydrogen-bond donors (Lipinski definition) is 1. The third-order valence-electron chi connectivity index (χ3n) is 2.78. The van der Waals surface area contributed by atoms with Gasteiger partial charge in [-0.05, 0) is 38.8 Å². The van der Waals surface area contributed by atoms with Gasteiger partial charge in [0.2, 0.25) is 0 Å². The largest absolute Gasteiger partial charge is 0.381 e. The van der Waals surface area contributed by atoms with E-state index in [-0.39, 0.29) is 0 Å². The van der Waals surface area contributed by atoms with Crippen LogP contribution in [0.4, 0.5) is 0 Å². The topological polar surface area (TPSA) is 21.3 Å².